The highest BCUT2D eigenvalue weighted by atomic mass is 16.5. The van der Waals surface area contributed by atoms with Crippen molar-refractivity contribution in [2.75, 3.05) is 46.0 Å². The van der Waals surface area contributed by atoms with E-state index in [9.17, 15) is 4.79 Å². The third-order valence-corrected chi connectivity index (χ3v) is 4.88. The van der Waals surface area contributed by atoms with Crippen molar-refractivity contribution in [3.05, 3.63) is 29.8 Å². The van der Waals surface area contributed by atoms with E-state index in [-0.39, 0.29) is 5.92 Å². The molecule has 24 heavy (non-hydrogen) atoms. The van der Waals surface area contributed by atoms with Crippen molar-refractivity contribution in [1.29, 1.82) is 0 Å². The Morgan fingerprint density at radius 2 is 1.96 bits per heavy atom. The average molecular weight is 332 g/mol. The van der Waals surface area contributed by atoms with E-state index in [0.717, 1.165) is 51.3 Å². The first kappa shape index (κ1) is 17.2. The molecule has 2 aliphatic rings. The Bertz CT molecular complexity index is 535. The minimum Gasteiger partial charge on any atom is -0.494 e. The summed E-state index contributed by atoms with van der Waals surface area (Å²) in [6.45, 7) is 8.47. The molecule has 1 aromatic rings. The van der Waals surface area contributed by atoms with E-state index < -0.39 is 0 Å². The van der Waals surface area contributed by atoms with Gasteiger partial charge in [0.05, 0.1) is 19.8 Å². The van der Waals surface area contributed by atoms with Gasteiger partial charge in [0.1, 0.15) is 5.75 Å². The standard InChI is InChI=1S/C19H28N2O3/c1-2-24-18-5-3-4-16(14-18)15-20-8-6-17(7-9-20)19(22)21-10-12-23-13-11-21/h3-5,14,17H,2,6-13,15H2,1H3. The zero-order chi connectivity index (χ0) is 16.8. The Kier molecular flexibility index (Phi) is 6.10. The summed E-state index contributed by atoms with van der Waals surface area (Å²) in [5.74, 6) is 1.46. The Labute approximate surface area is 144 Å². The van der Waals surface area contributed by atoms with Crippen LogP contribution in [0.3, 0.4) is 0 Å². The van der Waals surface area contributed by atoms with Gasteiger partial charge in [-0.15, -0.1) is 0 Å². The molecule has 2 fully saturated rings. The summed E-state index contributed by atoms with van der Waals surface area (Å²) in [7, 11) is 0. The molecule has 1 amide bonds. The van der Waals surface area contributed by atoms with Crippen molar-refractivity contribution in [1.82, 2.24) is 9.80 Å². The van der Waals surface area contributed by atoms with Crippen LogP contribution in [-0.2, 0) is 16.1 Å². The molecule has 0 radical (unpaired) electrons. The number of morpholine rings is 1. The topological polar surface area (TPSA) is 42.0 Å². The van der Waals surface area contributed by atoms with Gasteiger partial charge in [0.25, 0.3) is 0 Å². The van der Waals surface area contributed by atoms with Crippen molar-refractivity contribution >= 4 is 5.91 Å². The van der Waals surface area contributed by atoms with Crippen LogP contribution in [0.5, 0.6) is 5.75 Å². The zero-order valence-corrected chi connectivity index (χ0v) is 14.6. The molecule has 2 aliphatic heterocycles. The molecular formula is C19H28N2O3. The zero-order valence-electron chi connectivity index (χ0n) is 14.6. The lowest BCUT2D eigenvalue weighted by Gasteiger charge is -2.35. The number of piperidine rings is 1. The van der Waals surface area contributed by atoms with Crippen LogP contribution in [-0.4, -0.2) is 61.7 Å². The number of amides is 1. The van der Waals surface area contributed by atoms with Gasteiger partial charge in [0.2, 0.25) is 5.91 Å². The summed E-state index contributed by atoms with van der Waals surface area (Å²) in [4.78, 5) is 17.0. The predicted octanol–water partition coefficient (Wildman–Crippen LogP) is 2.16. The molecule has 2 heterocycles. The third-order valence-electron chi connectivity index (χ3n) is 4.88. The molecule has 1 aromatic carbocycles. The molecule has 0 atom stereocenters. The number of carbonyl (C=O) groups excluding carboxylic acids is 1. The number of likely N-dealkylation sites (tertiary alicyclic amines) is 1. The van der Waals surface area contributed by atoms with Gasteiger partial charge in [-0.25, -0.2) is 0 Å². The Morgan fingerprint density at radius 3 is 2.67 bits per heavy atom. The number of hydrogen-bond acceptors (Lipinski definition) is 4. The molecule has 2 saturated heterocycles. The lowest BCUT2D eigenvalue weighted by molar-refractivity contribution is -0.141. The third kappa shape index (κ3) is 4.48. The fourth-order valence-electron chi connectivity index (χ4n) is 3.54. The average Bonchev–Trinajstić information content (AvgIpc) is 2.63. The number of rotatable bonds is 5. The number of hydrogen-bond donors (Lipinski definition) is 0. The van der Waals surface area contributed by atoms with Gasteiger partial charge < -0.3 is 14.4 Å². The molecular weight excluding hydrogens is 304 g/mol. The van der Waals surface area contributed by atoms with E-state index in [2.05, 4.69) is 23.1 Å². The smallest absolute Gasteiger partial charge is 0.225 e. The summed E-state index contributed by atoms with van der Waals surface area (Å²) in [6, 6.07) is 8.32. The molecule has 0 aliphatic carbocycles. The van der Waals surface area contributed by atoms with E-state index in [4.69, 9.17) is 9.47 Å². The minimum absolute atomic E-state index is 0.189. The van der Waals surface area contributed by atoms with E-state index in [0.29, 0.717) is 25.7 Å². The molecule has 0 unspecified atom stereocenters. The lowest BCUT2D eigenvalue weighted by atomic mass is 9.94. The summed E-state index contributed by atoms with van der Waals surface area (Å²) < 4.78 is 10.9. The normalized spacial score (nSPS) is 20.1. The highest BCUT2D eigenvalue weighted by Crippen LogP contribution is 2.22. The summed E-state index contributed by atoms with van der Waals surface area (Å²) in [6.07, 6.45) is 1.92. The first-order valence-electron chi connectivity index (χ1n) is 9.07. The van der Waals surface area contributed by atoms with Crippen LogP contribution in [0.4, 0.5) is 0 Å². The van der Waals surface area contributed by atoms with Gasteiger partial charge in [-0.1, -0.05) is 12.1 Å². The Morgan fingerprint density at radius 1 is 1.21 bits per heavy atom. The van der Waals surface area contributed by atoms with Crippen molar-refractivity contribution in [3.63, 3.8) is 0 Å². The van der Waals surface area contributed by atoms with Crippen LogP contribution in [0.25, 0.3) is 0 Å². The van der Waals surface area contributed by atoms with Gasteiger partial charge in [-0.2, -0.15) is 0 Å². The SMILES string of the molecule is CCOc1cccc(CN2CCC(C(=O)N3CCOCC3)CC2)c1. The van der Waals surface area contributed by atoms with Crippen molar-refractivity contribution in [2.45, 2.75) is 26.3 Å². The largest absolute Gasteiger partial charge is 0.494 e. The van der Waals surface area contributed by atoms with E-state index in [1.807, 2.05) is 17.9 Å². The fourth-order valence-corrected chi connectivity index (χ4v) is 3.54. The van der Waals surface area contributed by atoms with Gasteiger partial charge in [0.15, 0.2) is 0 Å². The van der Waals surface area contributed by atoms with Crippen LogP contribution in [0.1, 0.15) is 25.3 Å². The number of carbonyl (C=O) groups is 1. The van der Waals surface area contributed by atoms with E-state index in [1.165, 1.54) is 5.56 Å². The first-order valence-corrected chi connectivity index (χ1v) is 9.07. The fraction of sp³-hybridized carbons (Fsp3) is 0.632. The van der Waals surface area contributed by atoms with Crippen molar-refractivity contribution in [3.8, 4) is 5.75 Å². The maximum absolute atomic E-state index is 12.6. The molecule has 0 aromatic heterocycles. The van der Waals surface area contributed by atoms with Crippen molar-refractivity contribution < 1.29 is 14.3 Å². The number of nitrogens with zero attached hydrogens (tertiary/aromatic N) is 2. The monoisotopic (exact) mass is 332 g/mol. The molecule has 0 spiro atoms. The second-order valence-electron chi connectivity index (χ2n) is 6.57. The maximum Gasteiger partial charge on any atom is 0.225 e. The van der Waals surface area contributed by atoms with E-state index in [1.54, 1.807) is 0 Å². The minimum atomic E-state index is 0.189. The summed E-state index contributed by atoms with van der Waals surface area (Å²) in [5, 5.41) is 0. The van der Waals surface area contributed by atoms with E-state index >= 15 is 0 Å². The van der Waals surface area contributed by atoms with Crippen LogP contribution in [0.2, 0.25) is 0 Å². The maximum atomic E-state index is 12.6. The molecule has 0 N–H and O–H groups in total. The number of benzene rings is 1. The molecule has 0 saturated carbocycles. The van der Waals surface area contributed by atoms with Gasteiger partial charge >= 0.3 is 0 Å². The van der Waals surface area contributed by atoms with Gasteiger partial charge in [-0.3, -0.25) is 9.69 Å². The second kappa shape index (κ2) is 8.49. The number of ether oxygens (including phenoxy) is 2. The molecule has 5 heteroatoms. The lowest BCUT2D eigenvalue weighted by Crippen LogP contribution is -2.46. The predicted molar refractivity (Wildman–Crippen MR) is 93.0 cm³/mol. The highest BCUT2D eigenvalue weighted by Gasteiger charge is 2.29. The Hall–Kier alpha value is -1.59. The van der Waals surface area contributed by atoms with Crippen LogP contribution < -0.4 is 4.74 Å². The molecule has 0 bridgehead atoms. The van der Waals surface area contributed by atoms with Crippen LogP contribution >= 0.6 is 0 Å². The second-order valence-corrected chi connectivity index (χ2v) is 6.57. The van der Waals surface area contributed by atoms with Crippen molar-refractivity contribution in [2.24, 2.45) is 5.92 Å². The highest BCUT2D eigenvalue weighted by molar-refractivity contribution is 5.79. The Balaban J connectivity index is 1.48. The van der Waals surface area contributed by atoms with Gasteiger partial charge in [0, 0.05) is 25.6 Å². The molecule has 5 nitrogen and oxygen atoms in total. The first-order chi connectivity index (χ1) is 11.8. The van der Waals surface area contributed by atoms with Gasteiger partial charge in [-0.05, 0) is 50.6 Å². The van der Waals surface area contributed by atoms with Crippen LogP contribution in [0.15, 0.2) is 24.3 Å². The quantitative estimate of drug-likeness (QED) is 0.829. The summed E-state index contributed by atoms with van der Waals surface area (Å²) in [5.41, 5.74) is 1.28. The molecule has 132 valence electrons. The molecule has 3 rings (SSSR count). The van der Waals surface area contributed by atoms with Crippen LogP contribution in [0, 0.1) is 5.92 Å². The summed E-state index contributed by atoms with van der Waals surface area (Å²) >= 11 is 0.